The SMILES string of the molecule is CN1C(=N)N[C@](C)(c2csc3c(-c4ccccn4)cccc23)CC1=O. The number of pyridine rings is 1. The monoisotopic (exact) mass is 350 g/mol. The molecule has 0 bridgehead atoms. The number of hydrogen-bond donors (Lipinski definition) is 2. The summed E-state index contributed by atoms with van der Waals surface area (Å²) in [4.78, 5) is 18.1. The van der Waals surface area contributed by atoms with E-state index in [1.807, 2.05) is 31.2 Å². The van der Waals surface area contributed by atoms with Crippen molar-refractivity contribution in [2.75, 3.05) is 7.05 Å². The highest BCUT2D eigenvalue weighted by Crippen LogP contribution is 2.40. The first-order chi connectivity index (χ1) is 12.0. The number of nitrogens with one attached hydrogen (secondary N) is 2. The molecule has 1 aliphatic heterocycles. The lowest BCUT2D eigenvalue weighted by atomic mass is 9.86. The number of carbonyl (C=O) groups excluding carboxylic acids is 1. The molecule has 1 amide bonds. The number of carbonyl (C=O) groups is 1. The van der Waals surface area contributed by atoms with Crippen molar-refractivity contribution in [2.24, 2.45) is 0 Å². The number of thiophene rings is 1. The minimum absolute atomic E-state index is 0.0496. The third-order valence-corrected chi connectivity index (χ3v) is 5.77. The Bertz CT molecular complexity index is 962. The van der Waals surface area contributed by atoms with Crippen LogP contribution in [0.4, 0.5) is 0 Å². The number of nitrogens with zero attached hydrogens (tertiary/aromatic N) is 2. The van der Waals surface area contributed by atoms with Gasteiger partial charge in [0.2, 0.25) is 5.91 Å². The van der Waals surface area contributed by atoms with E-state index in [-0.39, 0.29) is 11.9 Å². The topological polar surface area (TPSA) is 69.1 Å². The van der Waals surface area contributed by atoms with Gasteiger partial charge < -0.3 is 5.32 Å². The summed E-state index contributed by atoms with van der Waals surface area (Å²) >= 11 is 1.66. The lowest BCUT2D eigenvalue weighted by molar-refractivity contribution is -0.129. The Morgan fingerprint density at radius 1 is 1.28 bits per heavy atom. The largest absolute Gasteiger partial charge is 0.346 e. The Morgan fingerprint density at radius 2 is 2.12 bits per heavy atom. The van der Waals surface area contributed by atoms with Crippen LogP contribution in [0.15, 0.2) is 48.0 Å². The summed E-state index contributed by atoms with van der Waals surface area (Å²) in [6.07, 6.45) is 2.12. The summed E-state index contributed by atoms with van der Waals surface area (Å²) < 4.78 is 1.15. The standard InChI is InChI=1S/C19H18N4OS/c1-19(10-16(24)23(2)18(20)22-19)14-11-25-17-12(14)6-5-7-13(17)15-8-3-4-9-21-15/h3-9,11H,10H2,1-2H3,(H2,20,22)/t19-/m0/s1. The van der Waals surface area contributed by atoms with Gasteiger partial charge in [0.05, 0.1) is 17.7 Å². The highest BCUT2D eigenvalue weighted by molar-refractivity contribution is 7.18. The van der Waals surface area contributed by atoms with E-state index in [0.29, 0.717) is 6.42 Å². The second-order valence-corrected chi connectivity index (χ2v) is 7.36. The summed E-state index contributed by atoms with van der Waals surface area (Å²) in [6.45, 7) is 1.99. The molecule has 0 radical (unpaired) electrons. The minimum atomic E-state index is -0.582. The molecule has 1 aromatic carbocycles. The predicted molar refractivity (Wildman–Crippen MR) is 101 cm³/mol. The van der Waals surface area contributed by atoms with E-state index < -0.39 is 5.54 Å². The molecule has 1 fully saturated rings. The van der Waals surface area contributed by atoms with Crippen molar-refractivity contribution in [3.63, 3.8) is 0 Å². The third kappa shape index (κ3) is 2.49. The maximum absolute atomic E-state index is 12.3. The van der Waals surface area contributed by atoms with Gasteiger partial charge in [0.1, 0.15) is 0 Å². The molecule has 25 heavy (non-hydrogen) atoms. The molecular formula is C19H18N4OS. The lowest BCUT2D eigenvalue weighted by Gasteiger charge is -2.39. The number of fused-ring (bicyclic) bond motifs is 1. The molecule has 1 aliphatic rings. The first-order valence-electron chi connectivity index (χ1n) is 8.05. The van der Waals surface area contributed by atoms with Crippen LogP contribution in [-0.4, -0.2) is 28.8 Å². The van der Waals surface area contributed by atoms with Gasteiger partial charge in [-0.05, 0) is 35.4 Å². The average molecular weight is 350 g/mol. The van der Waals surface area contributed by atoms with Crippen molar-refractivity contribution in [1.82, 2.24) is 15.2 Å². The summed E-state index contributed by atoms with van der Waals surface area (Å²) in [5.41, 5.74) is 2.50. The zero-order valence-electron chi connectivity index (χ0n) is 14.0. The van der Waals surface area contributed by atoms with E-state index in [1.165, 1.54) is 4.90 Å². The van der Waals surface area contributed by atoms with Crippen LogP contribution >= 0.6 is 11.3 Å². The maximum atomic E-state index is 12.3. The van der Waals surface area contributed by atoms with Gasteiger partial charge in [-0.3, -0.25) is 20.1 Å². The zero-order chi connectivity index (χ0) is 17.6. The molecule has 0 aliphatic carbocycles. The van der Waals surface area contributed by atoms with Crippen LogP contribution in [0.1, 0.15) is 18.9 Å². The molecule has 6 heteroatoms. The van der Waals surface area contributed by atoms with E-state index in [9.17, 15) is 4.79 Å². The lowest BCUT2D eigenvalue weighted by Crippen LogP contribution is -2.58. The van der Waals surface area contributed by atoms with Crippen molar-refractivity contribution in [3.05, 3.63) is 53.5 Å². The number of rotatable bonds is 2. The van der Waals surface area contributed by atoms with Crippen molar-refractivity contribution in [1.29, 1.82) is 5.41 Å². The normalized spacial score (nSPS) is 20.8. The van der Waals surface area contributed by atoms with E-state index >= 15 is 0 Å². The van der Waals surface area contributed by atoms with Crippen LogP contribution in [0, 0.1) is 5.41 Å². The zero-order valence-corrected chi connectivity index (χ0v) is 14.9. The first-order valence-corrected chi connectivity index (χ1v) is 8.93. The Hall–Kier alpha value is -2.73. The van der Waals surface area contributed by atoms with E-state index in [1.54, 1.807) is 24.6 Å². The van der Waals surface area contributed by atoms with Crippen LogP contribution in [0.3, 0.4) is 0 Å². The second-order valence-electron chi connectivity index (χ2n) is 6.48. The van der Waals surface area contributed by atoms with E-state index in [4.69, 9.17) is 5.41 Å². The molecule has 3 heterocycles. The molecule has 0 saturated carbocycles. The summed E-state index contributed by atoms with van der Waals surface area (Å²) in [5, 5.41) is 14.5. The Morgan fingerprint density at radius 3 is 2.84 bits per heavy atom. The van der Waals surface area contributed by atoms with Crippen LogP contribution < -0.4 is 5.32 Å². The van der Waals surface area contributed by atoms with Crippen LogP contribution in [0.2, 0.25) is 0 Å². The molecule has 5 nitrogen and oxygen atoms in total. The van der Waals surface area contributed by atoms with E-state index in [0.717, 1.165) is 26.9 Å². The molecule has 2 N–H and O–H groups in total. The number of aromatic nitrogens is 1. The Balaban J connectivity index is 1.85. The van der Waals surface area contributed by atoms with Crippen LogP contribution in [0.25, 0.3) is 21.3 Å². The highest BCUT2D eigenvalue weighted by atomic mass is 32.1. The number of amides is 1. The maximum Gasteiger partial charge on any atom is 0.231 e. The molecule has 3 aromatic rings. The van der Waals surface area contributed by atoms with E-state index in [2.05, 4.69) is 27.8 Å². The van der Waals surface area contributed by atoms with Crippen molar-refractivity contribution in [3.8, 4) is 11.3 Å². The predicted octanol–water partition coefficient (Wildman–Crippen LogP) is 3.56. The fourth-order valence-corrected chi connectivity index (χ4v) is 4.53. The van der Waals surface area contributed by atoms with Gasteiger partial charge in [-0.15, -0.1) is 11.3 Å². The van der Waals surface area contributed by atoms with Gasteiger partial charge in [0.25, 0.3) is 0 Å². The fourth-order valence-electron chi connectivity index (χ4n) is 3.31. The quantitative estimate of drug-likeness (QED) is 0.742. The van der Waals surface area contributed by atoms with Gasteiger partial charge in [-0.1, -0.05) is 24.3 Å². The molecule has 0 unspecified atom stereocenters. The summed E-state index contributed by atoms with van der Waals surface area (Å²) in [5.74, 6) is 0.0884. The Kier molecular flexibility index (Phi) is 3.58. The smallest absolute Gasteiger partial charge is 0.231 e. The van der Waals surface area contributed by atoms with Crippen molar-refractivity contribution < 1.29 is 4.79 Å². The fraction of sp³-hybridized carbons (Fsp3) is 0.211. The average Bonchev–Trinajstić information content (AvgIpc) is 3.05. The van der Waals surface area contributed by atoms with Gasteiger partial charge in [-0.25, -0.2) is 0 Å². The molecular weight excluding hydrogens is 332 g/mol. The molecule has 2 aromatic heterocycles. The first kappa shape index (κ1) is 15.8. The summed E-state index contributed by atoms with van der Waals surface area (Å²) in [7, 11) is 1.63. The van der Waals surface area contributed by atoms with Gasteiger partial charge >= 0.3 is 0 Å². The van der Waals surface area contributed by atoms with Crippen molar-refractivity contribution in [2.45, 2.75) is 18.9 Å². The third-order valence-electron chi connectivity index (χ3n) is 4.74. The number of hydrogen-bond acceptors (Lipinski definition) is 4. The summed E-state index contributed by atoms with van der Waals surface area (Å²) in [6, 6.07) is 12.1. The van der Waals surface area contributed by atoms with Crippen LogP contribution in [-0.2, 0) is 10.3 Å². The van der Waals surface area contributed by atoms with Gasteiger partial charge in [-0.2, -0.15) is 0 Å². The van der Waals surface area contributed by atoms with Crippen LogP contribution in [0.5, 0.6) is 0 Å². The number of benzene rings is 1. The molecule has 126 valence electrons. The van der Waals surface area contributed by atoms with Gasteiger partial charge in [0, 0.05) is 23.5 Å². The molecule has 0 spiro atoms. The minimum Gasteiger partial charge on any atom is -0.346 e. The highest BCUT2D eigenvalue weighted by Gasteiger charge is 2.39. The van der Waals surface area contributed by atoms with Crippen molar-refractivity contribution >= 4 is 33.3 Å². The molecule has 1 atom stereocenters. The number of guanidine groups is 1. The Labute approximate surface area is 149 Å². The second kappa shape index (κ2) is 5.67. The van der Waals surface area contributed by atoms with Gasteiger partial charge in [0.15, 0.2) is 5.96 Å². The molecule has 4 rings (SSSR count). The molecule has 1 saturated heterocycles.